The fourth-order valence-corrected chi connectivity index (χ4v) is 3.92. The van der Waals surface area contributed by atoms with E-state index in [0.717, 1.165) is 12.0 Å². The second-order valence-electron chi connectivity index (χ2n) is 8.19. The molecule has 2 heterocycles. The zero-order chi connectivity index (χ0) is 18.9. The average Bonchev–Trinajstić information content (AvgIpc) is 3.14. The number of hydrogen-bond acceptors (Lipinski definition) is 4. The Morgan fingerprint density at radius 1 is 1.12 bits per heavy atom. The van der Waals surface area contributed by atoms with E-state index in [1.807, 2.05) is 51.1 Å². The molecule has 3 atom stereocenters. The predicted octanol–water partition coefficient (Wildman–Crippen LogP) is 3.65. The lowest BCUT2D eigenvalue weighted by Crippen LogP contribution is -2.44. The molecule has 3 rings (SSSR count). The van der Waals surface area contributed by atoms with Crippen LogP contribution in [0.2, 0.25) is 0 Å². The van der Waals surface area contributed by atoms with E-state index in [1.54, 1.807) is 9.80 Å². The Kier molecular flexibility index (Phi) is 5.12. The normalized spacial score (nSPS) is 25.2. The minimum atomic E-state index is -0.523. The van der Waals surface area contributed by atoms with Crippen molar-refractivity contribution >= 4 is 12.2 Å². The molecule has 2 aliphatic rings. The van der Waals surface area contributed by atoms with Gasteiger partial charge < -0.3 is 19.3 Å². The third kappa shape index (κ3) is 3.94. The van der Waals surface area contributed by atoms with E-state index in [0.29, 0.717) is 13.1 Å². The molecule has 0 N–H and O–H groups in total. The summed E-state index contributed by atoms with van der Waals surface area (Å²) in [5, 5.41) is 0. The third-order valence-electron chi connectivity index (χ3n) is 4.96. The van der Waals surface area contributed by atoms with Gasteiger partial charge in [-0.3, -0.25) is 0 Å². The Hall–Kier alpha value is -2.24. The van der Waals surface area contributed by atoms with Gasteiger partial charge in [-0.2, -0.15) is 0 Å². The van der Waals surface area contributed by atoms with Gasteiger partial charge in [-0.15, -0.1) is 0 Å². The Morgan fingerprint density at radius 2 is 1.81 bits per heavy atom. The summed E-state index contributed by atoms with van der Waals surface area (Å²) in [4.78, 5) is 28.6. The number of ether oxygens (including phenoxy) is 2. The Labute approximate surface area is 155 Å². The fraction of sp³-hybridized carbons (Fsp3) is 0.600. The Balaban J connectivity index is 1.62. The van der Waals surface area contributed by atoms with Crippen molar-refractivity contribution in [3.8, 4) is 0 Å². The Bertz CT molecular complexity index is 656. The van der Waals surface area contributed by atoms with Crippen molar-refractivity contribution in [2.24, 2.45) is 5.92 Å². The molecule has 1 aromatic carbocycles. The van der Waals surface area contributed by atoms with Crippen LogP contribution in [0.5, 0.6) is 0 Å². The van der Waals surface area contributed by atoms with Crippen molar-refractivity contribution in [2.75, 3.05) is 13.1 Å². The highest BCUT2D eigenvalue weighted by atomic mass is 16.6. The zero-order valence-electron chi connectivity index (χ0n) is 16.0. The maximum absolute atomic E-state index is 12.6. The number of likely N-dealkylation sites (tertiary alicyclic amines) is 2. The number of hydrogen-bond donors (Lipinski definition) is 0. The van der Waals surface area contributed by atoms with Gasteiger partial charge in [0.2, 0.25) is 0 Å². The molecule has 2 amide bonds. The van der Waals surface area contributed by atoms with Crippen LogP contribution >= 0.6 is 0 Å². The fourth-order valence-electron chi connectivity index (χ4n) is 3.92. The quantitative estimate of drug-likeness (QED) is 0.808. The van der Waals surface area contributed by atoms with Gasteiger partial charge in [0.25, 0.3) is 0 Å². The van der Waals surface area contributed by atoms with Gasteiger partial charge in [0.15, 0.2) is 0 Å². The second kappa shape index (κ2) is 7.17. The maximum atomic E-state index is 12.6. The zero-order valence-corrected chi connectivity index (χ0v) is 16.0. The molecule has 0 spiro atoms. The molecule has 0 aromatic heterocycles. The van der Waals surface area contributed by atoms with E-state index < -0.39 is 5.60 Å². The van der Waals surface area contributed by atoms with E-state index in [-0.39, 0.29) is 36.8 Å². The molecule has 1 aromatic rings. The number of rotatable bonds is 2. The van der Waals surface area contributed by atoms with Crippen LogP contribution in [-0.4, -0.2) is 52.8 Å². The number of carbonyl (C=O) groups is 2. The summed E-state index contributed by atoms with van der Waals surface area (Å²) in [5.74, 6) is 0.194. The predicted molar refractivity (Wildman–Crippen MR) is 97.6 cm³/mol. The van der Waals surface area contributed by atoms with Crippen LogP contribution < -0.4 is 0 Å². The SMILES string of the molecule is CC1CN(C(=O)OC(C)(C)C)C2CCN(C(=O)OCc3ccccc3)C12. The first kappa shape index (κ1) is 18.5. The summed E-state index contributed by atoms with van der Waals surface area (Å²) < 4.78 is 11.0. The molecule has 2 saturated heterocycles. The number of fused-ring (bicyclic) bond motifs is 1. The first-order valence-electron chi connectivity index (χ1n) is 9.23. The van der Waals surface area contributed by atoms with E-state index in [9.17, 15) is 9.59 Å². The molecule has 0 aliphatic carbocycles. The molecular weight excluding hydrogens is 332 g/mol. The molecule has 6 nitrogen and oxygen atoms in total. The third-order valence-corrected chi connectivity index (χ3v) is 4.96. The van der Waals surface area contributed by atoms with Crippen molar-refractivity contribution in [2.45, 2.75) is 58.4 Å². The molecule has 2 fully saturated rings. The summed E-state index contributed by atoms with van der Waals surface area (Å²) in [6, 6.07) is 9.64. The van der Waals surface area contributed by atoms with Gasteiger partial charge in [-0.1, -0.05) is 37.3 Å². The molecule has 142 valence electrons. The minimum absolute atomic E-state index is 0.00382. The van der Waals surface area contributed by atoms with Gasteiger partial charge in [-0.05, 0) is 38.7 Å². The van der Waals surface area contributed by atoms with Gasteiger partial charge in [0, 0.05) is 13.1 Å². The Morgan fingerprint density at radius 3 is 2.46 bits per heavy atom. The minimum Gasteiger partial charge on any atom is -0.445 e. The van der Waals surface area contributed by atoms with Crippen LogP contribution in [0.25, 0.3) is 0 Å². The summed E-state index contributed by atoms with van der Waals surface area (Å²) in [6.45, 7) is 9.14. The molecule has 6 heteroatoms. The smallest absolute Gasteiger partial charge is 0.410 e. The standard InChI is InChI=1S/C20H28N2O4/c1-14-12-22(19(24)26-20(2,3)4)16-10-11-21(17(14)16)18(23)25-13-15-8-6-5-7-9-15/h5-9,14,16-17H,10-13H2,1-4H3. The van der Waals surface area contributed by atoms with Crippen molar-refractivity contribution in [1.82, 2.24) is 9.80 Å². The summed E-state index contributed by atoms with van der Waals surface area (Å²) in [6.07, 6.45) is 0.157. The summed E-state index contributed by atoms with van der Waals surface area (Å²) in [5.41, 5.74) is 0.442. The van der Waals surface area contributed by atoms with Crippen molar-refractivity contribution < 1.29 is 19.1 Å². The molecule has 0 saturated carbocycles. The first-order chi connectivity index (χ1) is 12.3. The number of carbonyl (C=O) groups excluding carboxylic acids is 2. The molecule has 0 radical (unpaired) electrons. The molecule has 0 bridgehead atoms. The highest BCUT2D eigenvalue weighted by Crippen LogP contribution is 2.36. The number of nitrogens with zero attached hydrogens (tertiary/aromatic N) is 2. The van der Waals surface area contributed by atoms with Crippen LogP contribution in [0, 0.1) is 5.92 Å². The van der Waals surface area contributed by atoms with E-state index in [4.69, 9.17) is 9.47 Å². The number of amides is 2. The molecule has 3 unspecified atom stereocenters. The van der Waals surface area contributed by atoms with Crippen molar-refractivity contribution in [1.29, 1.82) is 0 Å². The van der Waals surface area contributed by atoms with E-state index in [1.165, 1.54) is 0 Å². The van der Waals surface area contributed by atoms with Crippen LogP contribution in [0.1, 0.15) is 39.7 Å². The van der Waals surface area contributed by atoms with Crippen molar-refractivity contribution in [3.63, 3.8) is 0 Å². The summed E-state index contributed by atoms with van der Waals surface area (Å²) in [7, 11) is 0. The van der Waals surface area contributed by atoms with Gasteiger partial charge in [0.1, 0.15) is 12.2 Å². The lowest BCUT2D eigenvalue weighted by Gasteiger charge is -2.28. The average molecular weight is 360 g/mol. The maximum Gasteiger partial charge on any atom is 0.410 e. The molecule has 26 heavy (non-hydrogen) atoms. The largest absolute Gasteiger partial charge is 0.445 e. The molecule has 2 aliphatic heterocycles. The van der Waals surface area contributed by atoms with Gasteiger partial charge >= 0.3 is 12.2 Å². The lowest BCUT2D eigenvalue weighted by molar-refractivity contribution is 0.0219. The van der Waals surface area contributed by atoms with E-state index >= 15 is 0 Å². The number of benzene rings is 1. The second-order valence-corrected chi connectivity index (χ2v) is 8.19. The lowest BCUT2D eigenvalue weighted by atomic mass is 10.0. The van der Waals surface area contributed by atoms with Crippen LogP contribution in [-0.2, 0) is 16.1 Å². The van der Waals surface area contributed by atoms with Crippen LogP contribution in [0.4, 0.5) is 9.59 Å². The van der Waals surface area contributed by atoms with Gasteiger partial charge in [-0.25, -0.2) is 9.59 Å². The summed E-state index contributed by atoms with van der Waals surface area (Å²) >= 11 is 0. The van der Waals surface area contributed by atoms with Crippen LogP contribution in [0.15, 0.2) is 30.3 Å². The van der Waals surface area contributed by atoms with E-state index in [2.05, 4.69) is 6.92 Å². The topological polar surface area (TPSA) is 59.1 Å². The highest BCUT2D eigenvalue weighted by Gasteiger charge is 2.51. The van der Waals surface area contributed by atoms with Gasteiger partial charge in [0.05, 0.1) is 12.1 Å². The van der Waals surface area contributed by atoms with Crippen molar-refractivity contribution in [3.05, 3.63) is 35.9 Å². The molecular formula is C20H28N2O4. The highest BCUT2D eigenvalue weighted by molar-refractivity contribution is 5.72. The monoisotopic (exact) mass is 360 g/mol. The van der Waals surface area contributed by atoms with Crippen LogP contribution in [0.3, 0.4) is 0 Å². The first-order valence-corrected chi connectivity index (χ1v) is 9.23.